The van der Waals surface area contributed by atoms with Crippen LogP contribution in [-0.4, -0.2) is 58.8 Å². The van der Waals surface area contributed by atoms with Crippen molar-refractivity contribution in [2.75, 3.05) is 27.1 Å². The number of nitrogen functional groups attached to an aromatic ring is 1. The molecule has 13 heteroatoms. The fourth-order valence-corrected chi connectivity index (χ4v) is 2.67. The molecule has 1 amide bonds. The van der Waals surface area contributed by atoms with Crippen LogP contribution in [0.5, 0.6) is 17.2 Å². The number of nitrogens with two attached hydrogens (primary N) is 1. The van der Waals surface area contributed by atoms with Gasteiger partial charge in [-0.1, -0.05) is 12.1 Å². The van der Waals surface area contributed by atoms with E-state index >= 15 is 0 Å². The second-order valence-corrected chi connectivity index (χ2v) is 5.77. The molecule has 0 radical (unpaired) electrons. The average molecular weight is 416 g/mol. The number of methoxy groups -OCH3 is 3. The van der Waals surface area contributed by atoms with Crippen molar-refractivity contribution in [1.29, 1.82) is 0 Å². The van der Waals surface area contributed by atoms with Crippen LogP contribution in [0.15, 0.2) is 21.9 Å². The molecule has 2 heterocycles. The first kappa shape index (κ1) is 20.6. The largest absolute Gasteiger partial charge is 0.496 e. The van der Waals surface area contributed by atoms with Crippen LogP contribution in [0.1, 0.15) is 28.7 Å². The van der Waals surface area contributed by atoms with Crippen molar-refractivity contribution in [3.05, 3.63) is 29.1 Å². The zero-order valence-corrected chi connectivity index (χ0v) is 16.7. The van der Waals surface area contributed by atoms with Gasteiger partial charge < -0.3 is 19.9 Å². The number of hydrogen-bond donors (Lipinski definition) is 2. The van der Waals surface area contributed by atoms with E-state index in [4.69, 9.17) is 19.9 Å². The van der Waals surface area contributed by atoms with Crippen LogP contribution in [0, 0.1) is 0 Å². The van der Waals surface area contributed by atoms with E-state index < -0.39 is 5.91 Å². The molecule has 3 aromatic rings. The van der Waals surface area contributed by atoms with Crippen molar-refractivity contribution in [1.82, 2.24) is 30.7 Å². The lowest BCUT2D eigenvalue weighted by Gasteiger charge is -2.11. The third-order valence-corrected chi connectivity index (χ3v) is 4.11. The van der Waals surface area contributed by atoms with Gasteiger partial charge in [0.25, 0.3) is 5.91 Å². The monoisotopic (exact) mass is 416 g/mol. The molecule has 0 aliphatic rings. The predicted molar refractivity (Wildman–Crippen MR) is 104 cm³/mol. The van der Waals surface area contributed by atoms with E-state index in [-0.39, 0.29) is 17.3 Å². The number of anilines is 1. The number of hydrogen-bond acceptors (Lipinski definition) is 11. The predicted octanol–water partition coefficient (Wildman–Crippen LogP) is 0.585. The highest BCUT2D eigenvalue weighted by Gasteiger charge is 2.22. The number of benzene rings is 1. The Bertz CT molecular complexity index is 1070. The summed E-state index contributed by atoms with van der Waals surface area (Å²) in [5, 5.41) is 18.9. The molecule has 0 spiro atoms. The summed E-state index contributed by atoms with van der Waals surface area (Å²) in [5.41, 5.74) is 9.19. The number of rotatable bonds is 8. The molecule has 2 aromatic heterocycles. The minimum absolute atomic E-state index is 0.0279. The first-order valence-electron chi connectivity index (χ1n) is 8.70. The Labute approximate surface area is 170 Å². The van der Waals surface area contributed by atoms with Crippen molar-refractivity contribution in [3.8, 4) is 23.1 Å². The highest BCUT2D eigenvalue weighted by atomic mass is 16.6. The van der Waals surface area contributed by atoms with Gasteiger partial charge in [-0.15, -0.1) is 5.10 Å². The van der Waals surface area contributed by atoms with E-state index in [0.29, 0.717) is 34.9 Å². The number of nitrogens with one attached hydrogen (secondary N) is 1. The van der Waals surface area contributed by atoms with Crippen LogP contribution in [0.3, 0.4) is 0 Å². The molecular weight excluding hydrogens is 396 g/mol. The Kier molecular flexibility index (Phi) is 6.10. The van der Waals surface area contributed by atoms with Crippen LogP contribution in [0.25, 0.3) is 5.82 Å². The fourth-order valence-electron chi connectivity index (χ4n) is 2.67. The van der Waals surface area contributed by atoms with Gasteiger partial charge in [-0.25, -0.2) is 10.1 Å². The van der Waals surface area contributed by atoms with Crippen LogP contribution in [0.4, 0.5) is 5.82 Å². The maximum absolute atomic E-state index is 12.6. The minimum atomic E-state index is -0.566. The smallest absolute Gasteiger partial charge is 0.293 e. The number of hydrazone groups is 1. The molecule has 0 bridgehead atoms. The van der Waals surface area contributed by atoms with E-state index in [1.54, 1.807) is 12.1 Å². The molecule has 30 heavy (non-hydrogen) atoms. The Balaban J connectivity index is 1.82. The lowest BCUT2D eigenvalue weighted by Crippen LogP contribution is -2.20. The minimum Gasteiger partial charge on any atom is -0.496 e. The van der Waals surface area contributed by atoms with E-state index in [2.05, 4.69) is 35.8 Å². The van der Waals surface area contributed by atoms with Crippen molar-refractivity contribution in [2.24, 2.45) is 5.10 Å². The van der Waals surface area contributed by atoms with Gasteiger partial charge in [-0.05, 0) is 22.8 Å². The van der Waals surface area contributed by atoms with Gasteiger partial charge in [0.2, 0.25) is 11.6 Å². The molecule has 1 aromatic carbocycles. The van der Waals surface area contributed by atoms with Crippen molar-refractivity contribution in [2.45, 2.75) is 13.3 Å². The third-order valence-electron chi connectivity index (χ3n) is 4.11. The molecule has 0 saturated carbocycles. The van der Waals surface area contributed by atoms with E-state index in [0.717, 1.165) is 0 Å². The molecule has 0 fully saturated rings. The molecule has 0 aliphatic heterocycles. The van der Waals surface area contributed by atoms with Crippen LogP contribution >= 0.6 is 0 Å². The van der Waals surface area contributed by atoms with E-state index in [1.165, 1.54) is 32.2 Å². The fraction of sp³-hybridized carbons (Fsp3) is 0.294. The van der Waals surface area contributed by atoms with Crippen LogP contribution < -0.4 is 25.4 Å². The van der Waals surface area contributed by atoms with Crippen LogP contribution in [0.2, 0.25) is 0 Å². The Morgan fingerprint density at radius 3 is 2.50 bits per heavy atom. The number of carbonyl (C=O) groups excluding carboxylic acids is 1. The van der Waals surface area contributed by atoms with Gasteiger partial charge in [0.1, 0.15) is 5.75 Å². The summed E-state index contributed by atoms with van der Waals surface area (Å²) in [5.74, 6) is 1.09. The van der Waals surface area contributed by atoms with Gasteiger partial charge >= 0.3 is 0 Å². The van der Waals surface area contributed by atoms with Gasteiger partial charge in [0.05, 0.1) is 33.2 Å². The molecule has 3 N–H and O–H groups in total. The van der Waals surface area contributed by atoms with Crippen molar-refractivity contribution < 1.29 is 23.6 Å². The molecule has 13 nitrogen and oxygen atoms in total. The zero-order valence-electron chi connectivity index (χ0n) is 16.7. The summed E-state index contributed by atoms with van der Waals surface area (Å²) < 4.78 is 21.7. The van der Waals surface area contributed by atoms with Gasteiger partial charge in [0.15, 0.2) is 17.2 Å². The maximum Gasteiger partial charge on any atom is 0.293 e. The Hall–Kier alpha value is -4.16. The quantitative estimate of drug-likeness (QED) is 0.392. The van der Waals surface area contributed by atoms with E-state index in [1.807, 2.05) is 6.92 Å². The second kappa shape index (κ2) is 8.89. The van der Waals surface area contributed by atoms with Gasteiger partial charge in [0, 0.05) is 11.6 Å². The molecule has 3 rings (SSSR count). The molecule has 0 unspecified atom stereocenters. The molecule has 158 valence electrons. The van der Waals surface area contributed by atoms with Crippen molar-refractivity contribution in [3.63, 3.8) is 0 Å². The van der Waals surface area contributed by atoms with E-state index in [9.17, 15) is 4.79 Å². The number of aromatic nitrogens is 5. The molecular formula is C17H20N8O5. The van der Waals surface area contributed by atoms with Crippen LogP contribution in [-0.2, 0) is 6.42 Å². The molecule has 0 saturated heterocycles. The summed E-state index contributed by atoms with van der Waals surface area (Å²) in [7, 11) is 4.54. The number of amides is 1. The summed E-state index contributed by atoms with van der Waals surface area (Å²) in [6.07, 6.45) is 1.84. The average Bonchev–Trinajstić information content (AvgIpc) is 3.38. The first-order valence-corrected chi connectivity index (χ1v) is 8.70. The summed E-state index contributed by atoms with van der Waals surface area (Å²) in [6.45, 7) is 1.83. The zero-order chi connectivity index (χ0) is 21.7. The summed E-state index contributed by atoms with van der Waals surface area (Å²) in [4.78, 5) is 12.6. The molecule has 0 aliphatic carbocycles. The van der Waals surface area contributed by atoms with Gasteiger partial charge in [-0.2, -0.15) is 9.78 Å². The summed E-state index contributed by atoms with van der Waals surface area (Å²) >= 11 is 0. The van der Waals surface area contributed by atoms with Gasteiger partial charge in [-0.3, -0.25) is 4.79 Å². The SMILES string of the molecule is CCc1c(C(=O)N/N=C\c2cc(OC)c(OC)cc2OC)nnn1-c1nonc1N. The second-order valence-electron chi connectivity index (χ2n) is 5.77. The highest BCUT2D eigenvalue weighted by Crippen LogP contribution is 2.33. The maximum atomic E-state index is 12.6. The standard InChI is InChI=1S/C17H20N8O5/c1-5-10-14(20-24-25(10)16-15(18)22-30-23-16)17(26)21-19-8-9-6-12(28-3)13(29-4)7-11(9)27-2/h6-8H,5H2,1-4H3,(H2,18,22)(H,21,26)/b19-8-. The molecule has 0 atom stereocenters. The normalized spacial score (nSPS) is 10.9. The highest BCUT2D eigenvalue weighted by molar-refractivity contribution is 5.94. The number of carbonyl (C=O) groups is 1. The summed E-state index contributed by atoms with van der Waals surface area (Å²) in [6, 6.07) is 3.32. The Morgan fingerprint density at radius 1 is 1.20 bits per heavy atom. The Morgan fingerprint density at radius 2 is 1.90 bits per heavy atom. The topological polar surface area (TPSA) is 165 Å². The first-order chi connectivity index (χ1) is 14.5. The third kappa shape index (κ3) is 3.85. The lowest BCUT2D eigenvalue weighted by molar-refractivity contribution is 0.0949. The number of ether oxygens (including phenoxy) is 3. The lowest BCUT2D eigenvalue weighted by atomic mass is 10.2. The number of nitrogens with zero attached hydrogens (tertiary/aromatic N) is 6. The van der Waals surface area contributed by atoms with Crippen molar-refractivity contribution >= 4 is 17.9 Å².